The van der Waals surface area contributed by atoms with Crippen LogP contribution in [0.3, 0.4) is 0 Å². The lowest BCUT2D eigenvalue weighted by atomic mass is 10.1. The summed E-state index contributed by atoms with van der Waals surface area (Å²) in [5.41, 5.74) is 5.68. The molecule has 0 aliphatic heterocycles. The van der Waals surface area contributed by atoms with Crippen molar-refractivity contribution < 1.29 is 4.79 Å². The summed E-state index contributed by atoms with van der Waals surface area (Å²) in [5.74, 6) is -0.265. The topological polar surface area (TPSA) is 101 Å². The summed E-state index contributed by atoms with van der Waals surface area (Å²) < 4.78 is 1.29. The lowest BCUT2D eigenvalue weighted by Gasteiger charge is -2.24. The molecule has 3 N–H and O–H groups in total. The van der Waals surface area contributed by atoms with E-state index in [-0.39, 0.29) is 23.8 Å². The minimum Gasteiger partial charge on any atom is -0.383 e. The molecule has 9 heteroatoms. The number of carbonyl (C=O) groups is 1. The van der Waals surface area contributed by atoms with Gasteiger partial charge in [0.1, 0.15) is 5.82 Å². The third-order valence-corrected chi connectivity index (χ3v) is 5.47. The number of anilines is 2. The lowest BCUT2D eigenvalue weighted by molar-refractivity contribution is -0.118. The van der Waals surface area contributed by atoms with E-state index in [1.807, 2.05) is 13.8 Å². The summed E-state index contributed by atoms with van der Waals surface area (Å²) in [6, 6.07) is 5.26. The van der Waals surface area contributed by atoms with Crippen molar-refractivity contribution in [2.24, 2.45) is 0 Å². The van der Waals surface area contributed by atoms with Crippen LogP contribution in [0.25, 0.3) is 0 Å². The summed E-state index contributed by atoms with van der Waals surface area (Å²) in [4.78, 5) is 41.3. The third kappa shape index (κ3) is 5.42. The number of unbranched alkanes of at least 4 members (excludes halogenated alkanes) is 1. The number of benzene rings is 1. The van der Waals surface area contributed by atoms with Crippen LogP contribution in [-0.2, 0) is 17.8 Å². The van der Waals surface area contributed by atoms with Gasteiger partial charge in [-0.2, -0.15) is 0 Å². The number of nitrogens with two attached hydrogens (primary N) is 1. The van der Waals surface area contributed by atoms with Crippen molar-refractivity contribution in [1.82, 2.24) is 9.55 Å². The van der Waals surface area contributed by atoms with Crippen LogP contribution in [-0.4, -0.2) is 22.0 Å². The number of aromatic nitrogens is 2. The van der Waals surface area contributed by atoms with Gasteiger partial charge in [0, 0.05) is 19.5 Å². The molecule has 1 heterocycles. The molecule has 158 valence electrons. The number of nitrogens with zero attached hydrogens (tertiary/aromatic N) is 2. The largest absolute Gasteiger partial charge is 0.383 e. The Morgan fingerprint density at radius 1 is 1.21 bits per heavy atom. The van der Waals surface area contributed by atoms with Crippen LogP contribution in [0.1, 0.15) is 45.1 Å². The Kier molecular flexibility index (Phi) is 8.34. The van der Waals surface area contributed by atoms with Gasteiger partial charge in [0.25, 0.3) is 5.56 Å². The molecule has 0 aliphatic rings. The number of nitrogen functional groups attached to an aromatic ring is 1. The summed E-state index contributed by atoms with van der Waals surface area (Å²) in [6.45, 7) is 4.56. The Morgan fingerprint density at radius 3 is 2.59 bits per heavy atom. The van der Waals surface area contributed by atoms with Gasteiger partial charge < -0.3 is 10.6 Å². The minimum atomic E-state index is -0.662. The van der Waals surface area contributed by atoms with E-state index in [1.165, 1.54) is 9.47 Å². The zero-order valence-corrected chi connectivity index (χ0v) is 18.1. The molecule has 29 heavy (non-hydrogen) atoms. The fraction of sp³-hybridized carbons (Fsp3) is 0.450. The Bertz CT molecular complexity index is 985. The van der Waals surface area contributed by atoms with Gasteiger partial charge in [0.05, 0.1) is 10.0 Å². The monoisotopic (exact) mass is 440 g/mol. The van der Waals surface area contributed by atoms with Gasteiger partial charge >= 0.3 is 5.69 Å². The van der Waals surface area contributed by atoms with E-state index in [9.17, 15) is 14.4 Å². The van der Waals surface area contributed by atoms with Crippen molar-refractivity contribution >= 4 is 40.6 Å². The highest BCUT2D eigenvalue weighted by Crippen LogP contribution is 2.27. The standard InChI is InChI=1S/C20H26Cl2N4O3/c1-3-5-12-25(15(27)10-9-13-7-6-8-14(21)16(13)22)17-18(23)26(11-4-2)20(29)24-19(17)28/h6-8H,3-5,9-12,23H2,1-2H3,(H,24,28,29). The van der Waals surface area contributed by atoms with E-state index in [1.54, 1.807) is 18.2 Å². The number of nitrogens with one attached hydrogen (secondary N) is 1. The first-order valence-corrected chi connectivity index (χ1v) is 10.4. The molecule has 0 saturated heterocycles. The van der Waals surface area contributed by atoms with Gasteiger partial charge in [-0.3, -0.25) is 19.1 Å². The molecule has 0 spiro atoms. The Hall–Kier alpha value is -2.25. The van der Waals surface area contributed by atoms with E-state index in [4.69, 9.17) is 28.9 Å². The third-order valence-electron chi connectivity index (χ3n) is 4.61. The molecule has 0 aliphatic carbocycles. The highest BCUT2D eigenvalue weighted by Gasteiger charge is 2.23. The summed E-state index contributed by atoms with van der Waals surface area (Å²) in [6.07, 6.45) is 2.67. The van der Waals surface area contributed by atoms with Crippen molar-refractivity contribution in [3.05, 3.63) is 54.6 Å². The number of hydrogen-bond acceptors (Lipinski definition) is 4. The van der Waals surface area contributed by atoms with Gasteiger partial charge in [-0.25, -0.2) is 4.79 Å². The second kappa shape index (κ2) is 10.5. The normalized spacial score (nSPS) is 10.9. The molecule has 2 rings (SSSR count). The SMILES string of the molecule is CCCCN(C(=O)CCc1cccc(Cl)c1Cl)c1c(N)n(CCC)c(=O)[nH]c1=O. The minimum absolute atomic E-state index is 0.00541. The quantitative estimate of drug-likeness (QED) is 0.621. The van der Waals surface area contributed by atoms with Crippen molar-refractivity contribution in [3.63, 3.8) is 0 Å². The van der Waals surface area contributed by atoms with E-state index in [2.05, 4.69) is 4.98 Å². The van der Waals surface area contributed by atoms with Crippen LogP contribution >= 0.6 is 23.2 Å². The van der Waals surface area contributed by atoms with E-state index >= 15 is 0 Å². The van der Waals surface area contributed by atoms with Gasteiger partial charge in [-0.1, -0.05) is 55.6 Å². The second-order valence-corrected chi connectivity index (χ2v) is 7.54. The van der Waals surface area contributed by atoms with E-state index in [0.717, 1.165) is 12.0 Å². The van der Waals surface area contributed by atoms with Crippen molar-refractivity contribution in [2.45, 2.75) is 52.5 Å². The average molecular weight is 441 g/mol. The van der Waals surface area contributed by atoms with E-state index < -0.39 is 11.2 Å². The van der Waals surface area contributed by atoms with Crippen molar-refractivity contribution in [1.29, 1.82) is 0 Å². The molecule has 1 aromatic heterocycles. The maximum absolute atomic E-state index is 13.0. The first-order chi connectivity index (χ1) is 13.8. The molecule has 0 radical (unpaired) electrons. The molecule has 0 saturated carbocycles. The highest BCUT2D eigenvalue weighted by molar-refractivity contribution is 6.42. The molecular weight excluding hydrogens is 415 g/mol. The van der Waals surface area contributed by atoms with Crippen LogP contribution in [0.4, 0.5) is 11.5 Å². The summed E-state index contributed by atoms with van der Waals surface area (Å²) >= 11 is 12.2. The Balaban J connectivity index is 2.37. The molecule has 0 atom stereocenters. The van der Waals surface area contributed by atoms with Crippen LogP contribution in [0.5, 0.6) is 0 Å². The summed E-state index contributed by atoms with van der Waals surface area (Å²) in [5, 5.41) is 0.836. The molecule has 7 nitrogen and oxygen atoms in total. The number of halogens is 2. The fourth-order valence-electron chi connectivity index (χ4n) is 3.08. The number of aryl methyl sites for hydroxylation is 1. The Morgan fingerprint density at radius 2 is 1.93 bits per heavy atom. The number of amides is 1. The predicted molar refractivity (Wildman–Crippen MR) is 118 cm³/mol. The van der Waals surface area contributed by atoms with Crippen LogP contribution in [0.15, 0.2) is 27.8 Å². The summed E-state index contributed by atoms with van der Waals surface area (Å²) in [7, 11) is 0. The van der Waals surface area contributed by atoms with Gasteiger partial charge in [0.2, 0.25) is 5.91 Å². The maximum Gasteiger partial charge on any atom is 0.330 e. The van der Waals surface area contributed by atoms with Gasteiger partial charge in [-0.15, -0.1) is 0 Å². The van der Waals surface area contributed by atoms with Crippen LogP contribution in [0, 0.1) is 0 Å². The first kappa shape index (κ1) is 23.0. The molecule has 2 aromatic rings. The van der Waals surface area contributed by atoms with E-state index in [0.29, 0.717) is 42.4 Å². The highest BCUT2D eigenvalue weighted by atomic mass is 35.5. The molecule has 0 fully saturated rings. The number of carbonyl (C=O) groups excluding carboxylic acids is 1. The molecule has 0 unspecified atom stereocenters. The number of H-pyrrole nitrogens is 1. The lowest BCUT2D eigenvalue weighted by Crippen LogP contribution is -2.41. The smallest absolute Gasteiger partial charge is 0.330 e. The van der Waals surface area contributed by atoms with Crippen molar-refractivity contribution in [2.75, 3.05) is 17.2 Å². The van der Waals surface area contributed by atoms with Gasteiger partial charge in [0.15, 0.2) is 5.69 Å². The van der Waals surface area contributed by atoms with Crippen LogP contribution < -0.4 is 21.9 Å². The first-order valence-electron chi connectivity index (χ1n) is 9.67. The predicted octanol–water partition coefficient (Wildman–Crippen LogP) is 3.60. The van der Waals surface area contributed by atoms with Crippen molar-refractivity contribution in [3.8, 4) is 0 Å². The number of aromatic amines is 1. The molecule has 1 aromatic carbocycles. The maximum atomic E-state index is 13.0. The zero-order chi connectivity index (χ0) is 21.6. The number of rotatable bonds is 9. The number of hydrogen-bond donors (Lipinski definition) is 2. The fourth-order valence-corrected chi connectivity index (χ4v) is 3.49. The molecule has 0 bridgehead atoms. The van der Waals surface area contributed by atoms with Gasteiger partial charge in [-0.05, 0) is 30.9 Å². The average Bonchev–Trinajstić information content (AvgIpc) is 2.68. The molecule has 1 amide bonds. The zero-order valence-electron chi connectivity index (χ0n) is 16.6. The molecular formula is C20H26Cl2N4O3. The second-order valence-electron chi connectivity index (χ2n) is 6.76. The Labute approximate surface area is 179 Å². The van der Waals surface area contributed by atoms with Crippen LogP contribution in [0.2, 0.25) is 10.0 Å².